The van der Waals surface area contributed by atoms with Crippen LogP contribution in [0.15, 0.2) is 24.3 Å². The molecule has 126 valence electrons. The minimum Gasteiger partial charge on any atom is -0.371 e. The second-order valence-corrected chi connectivity index (χ2v) is 7.01. The quantitative estimate of drug-likeness (QED) is 0.509. The fraction of sp³-hybridized carbons (Fsp3) is 0.700. The number of benzene rings is 1. The van der Waals surface area contributed by atoms with Gasteiger partial charge in [0.2, 0.25) is 0 Å². The van der Waals surface area contributed by atoms with Gasteiger partial charge in [-0.3, -0.25) is 0 Å². The van der Waals surface area contributed by atoms with E-state index in [0.29, 0.717) is 0 Å². The number of hydrogen-bond acceptors (Lipinski definition) is 2. The largest absolute Gasteiger partial charge is 0.371 e. The molecule has 0 aliphatic rings. The van der Waals surface area contributed by atoms with Gasteiger partial charge in [0.15, 0.2) is 0 Å². The van der Waals surface area contributed by atoms with Crippen molar-refractivity contribution in [1.82, 2.24) is 0 Å². The van der Waals surface area contributed by atoms with Crippen molar-refractivity contribution in [2.24, 2.45) is 0 Å². The van der Waals surface area contributed by atoms with Gasteiger partial charge in [0.1, 0.15) is 0 Å². The third-order valence-electron chi connectivity index (χ3n) is 4.17. The van der Waals surface area contributed by atoms with Crippen molar-refractivity contribution in [3.8, 4) is 0 Å². The lowest BCUT2D eigenvalue weighted by atomic mass is 9.90. The molecule has 0 radical (unpaired) electrons. The third kappa shape index (κ3) is 5.73. The zero-order chi connectivity index (χ0) is 16.6. The summed E-state index contributed by atoms with van der Waals surface area (Å²) in [6.45, 7) is 14.6. The Balaban J connectivity index is 2.83. The maximum atomic E-state index is 6.08. The summed E-state index contributed by atoms with van der Waals surface area (Å²) in [5, 5.41) is 0. The molecule has 2 nitrogen and oxygen atoms in total. The van der Waals surface area contributed by atoms with E-state index in [-0.39, 0.29) is 11.2 Å². The van der Waals surface area contributed by atoms with Crippen LogP contribution in [-0.4, -0.2) is 13.2 Å². The zero-order valence-corrected chi connectivity index (χ0v) is 15.4. The molecule has 0 aliphatic carbocycles. The summed E-state index contributed by atoms with van der Waals surface area (Å²) >= 11 is 0. The topological polar surface area (TPSA) is 18.5 Å². The van der Waals surface area contributed by atoms with Crippen molar-refractivity contribution in [1.29, 1.82) is 0 Å². The maximum absolute atomic E-state index is 6.08. The molecule has 0 saturated carbocycles. The van der Waals surface area contributed by atoms with Crippen LogP contribution in [0.1, 0.15) is 78.4 Å². The lowest BCUT2D eigenvalue weighted by molar-refractivity contribution is -0.0278. The molecule has 0 unspecified atom stereocenters. The molecular weight excluding hydrogens is 272 g/mol. The van der Waals surface area contributed by atoms with Gasteiger partial charge >= 0.3 is 0 Å². The molecule has 0 aliphatic heterocycles. The highest BCUT2D eigenvalue weighted by Crippen LogP contribution is 2.31. The highest BCUT2D eigenvalue weighted by molar-refractivity contribution is 5.30. The van der Waals surface area contributed by atoms with E-state index in [2.05, 4.69) is 65.8 Å². The lowest BCUT2D eigenvalue weighted by Crippen LogP contribution is -2.26. The third-order valence-corrected chi connectivity index (χ3v) is 4.17. The number of unbranched alkanes of at least 4 members (excludes halogenated alkanes) is 2. The molecule has 0 aromatic heterocycles. The van der Waals surface area contributed by atoms with E-state index in [0.717, 1.165) is 38.9 Å². The van der Waals surface area contributed by atoms with Crippen LogP contribution in [0.4, 0.5) is 0 Å². The Morgan fingerprint density at radius 2 is 1.18 bits per heavy atom. The van der Waals surface area contributed by atoms with Crippen LogP contribution in [-0.2, 0) is 20.7 Å². The number of hydrogen-bond donors (Lipinski definition) is 0. The Kier molecular flexibility index (Phi) is 7.58. The van der Waals surface area contributed by atoms with E-state index in [9.17, 15) is 0 Å². The van der Waals surface area contributed by atoms with Crippen LogP contribution in [0.25, 0.3) is 0 Å². The Hall–Kier alpha value is -0.860. The monoisotopic (exact) mass is 306 g/mol. The van der Waals surface area contributed by atoms with E-state index < -0.39 is 0 Å². The average molecular weight is 306 g/mol. The minimum atomic E-state index is -0.259. The Morgan fingerprint density at radius 3 is 1.55 bits per heavy atom. The molecule has 0 atom stereocenters. The van der Waals surface area contributed by atoms with E-state index in [1.807, 2.05) is 0 Å². The van der Waals surface area contributed by atoms with Gasteiger partial charge in [-0.1, -0.05) is 51.0 Å². The van der Waals surface area contributed by atoms with Gasteiger partial charge in [0.25, 0.3) is 0 Å². The molecule has 0 saturated heterocycles. The van der Waals surface area contributed by atoms with Crippen molar-refractivity contribution in [2.75, 3.05) is 13.2 Å². The summed E-state index contributed by atoms with van der Waals surface area (Å²) in [6, 6.07) is 8.65. The second-order valence-electron chi connectivity index (χ2n) is 7.01. The molecular formula is C20H34O2. The van der Waals surface area contributed by atoms with Crippen LogP contribution in [0, 0.1) is 0 Å². The Morgan fingerprint density at radius 1 is 0.773 bits per heavy atom. The predicted molar refractivity (Wildman–Crippen MR) is 94.2 cm³/mol. The van der Waals surface area contributed by atoms with Crippen LogP contribution in [0.2, 0.25) is 0 Å². The molecule has 0 spiro atoms. The van der Waals surface area contributed by atoms with Crippen molar-refractivity contribution in [3.05, 3.63) is 35.4 Å². The first-order valence-electron chi connectivity index (χ1n) is 8.72. The normalized spacial score (nSPS) is 12.6. The second kappa shape index (κ2) is 8.69. The molecule has 2 heteroatoms. The van der Waals surface area contributed by atoms with E-state index in [1.165, 1.54) is 11.1 Å². The maximum Gasteiger partial charge on any atom is 0.0875 e. The molecule has 1 aromatic rings. The summed E-state index contributed by atoms with van der Waals surface area (Å²) in [4.78, 5) is 0. The zero-order valence-electron chi connectivity index (χ0n) is 15.4. The van der Waals surface area contributed by atoms with Crippen molar-refractivity contribution in [2.45, 2.75) is 78.4 Å². The van der Waals surface area contributed by atoms with E-state index in [1.54, 1.807) is 0 Å². The van der Waals surface area contributed by atoms with Crippen molar-refractivity contribution >= 4 is 0 Å². The number of ether oxygens (including phenoxy) is 2. The van der Waals surface area contributed by atoms with Crippen molar-refractivity contribution < 1.29 is 9.47 Å². The smallest absolute Gasteiger partial charge is 0.0875 e. The van der Waals surface area contributed by atoms with Crippen LogP contribution >= 0.6 is 0 Å². The van der Waals surface area contributed by atoms with Crippen molar-refractivity contribution in [3.63, 3.8) is 0 Å². The summed E-state index contributed by atoms with van der Waals surface area (Å²) in [7, 11) is 0. The van der Waals surface area contributed by atoms with Gasteiger partial charge in [-0.05, 0) is 51.7 Å². The fourth-order valence-corrected chi connectivity index (χ4v) is 2.38. The van der Waals surface area contributed by atoms with Crippen LogP contribution in [0.3, 0.4) is 0 Å². The van der Waals surface area contributed by atoms with Gasteiger partial charge in [-0.15, -0.1) is 0 Å². The first kappa shape index (κ1) is 19.2. The summed E-state index contributed by atoms with van der Waals surface area (Å²) < 4.78 is 12.2. The van der Waals surface area contributed by atoms with Gasteiger partial charge in [-0.25, -0.2) is 0 Å². The van der Waals surface area contributed by atoms with Gasteiger partial charge in [0.05, 0.1) is 11.2 Å². The van der Waals surface area contributed by atoms with Gasteiger partial charge < -0.3 is 9.47 Å². The molecule has 1 rings (SSSR count). The highest BCUT2D eigenvalue weighted by Gasteiger charge is 2.25. The lowest BCUT2D eigenvalue weighted by Gasteiger charge is -2.30. The van der Waals surface area contributed by atoms with Gasteiger partial charge in [-0.2, -0.15) is 0 Å². The molecule has 22 heavy (non-hydrogen) atoms. The van der Waals surface area contributed by atoms with E-state index >= 15 is 0 Å². The molecule has 0 amide bonds. The Labute approximate surface area is 137 Å². The summed E-state index contributed by atoms with van der Waals surface area (Å²) in [5.41, 5.74) is 1.91. The summed E-state index contributed by atoms with van der Waals surface area (Å²) in [5.74, 6) is 0. The van der Waals surface area contributed by atoms with E-state index in [4.69, 9.17) is 9.47 Å². The number of rotatable bonds is 10. The molecule has 1 aromatic carbocycles. The first-order chi connectivity index (χ1) is 10.3. The minimum absolute atomic E-state index is 0.259. The van der Waals surface area contributed by atoms with Crippen LogP contribution in [0.5, 0.6) is 0 Å². The Bertz CT molecular complexity index is 398. The highest BCUT2D eigenvalue weighted by atomic mass is 16.5. The summed E-state index contributed by atoms with van der Waals surface area (Å²) in [6.07, 6.45) is 4.53. The average Bonchev–Trinajstić information content (AvgIpc) is 2.48. The molecule has 0 bridgehead atoms. The fourth-order valence-electron chi connectivity index (χ4n) is 2.38. The molecule has 0 heterocycles. The molecule has 0 fully saturated rings. The van der Waals surface area contributed by atoms with Crippen LogP contribution < -0.4 is 0 Å². The first-order valence-corrected chi connectivity index (χ1v) is 8.72. The SMILES string of the molecule is CCCCOC(C)(C)c1cccc(C(C)(C)OCCCC)c1. The predicted octanol–water partition coefficient (Wildman–Crippen LogP) is 5.79. The molecule has 0 N–H and O–H groups in total. The standard InChI is InChI=1S/C20H34O2/c1-7-9-14-21-19(3,4)17-12-11-13-18(16-17)20(5,6)22-15-10-8-2/h11-13,16H,7-10,14-15H2,1-6H3. The van der Waals surface area contributed by atoms with Gasteiger partial charge in [0, 0.05) is 13.2 Å².